The number of hydrogen-bond acceptors (Lipinski definition) is 4. The Morgan fingerprint density at radius 3 is 2.27 bits per heavy atom. The van der Waals surface area contributed by atoms with Gasteiger partial charge in [0.05, 0.1) is 12.2 Å². The van der Waals surface area contributed by atoms with Gasteiger partial charge in [0.15, 0.2) is 5.38 Å². The van der Waals surface area contributed by atoms with Crippen LogP contribution in [0.2, 0.25) is 0 Å². The molecule has 0 saturated heterocycles. The third-order valence-electron chi connectivity index (χ3n) is 2.89. The summed E-state index contributed by atoms with van der Waals surface area (Å²) in [6.45, 7) is 1.99. The highest BCUT2D eigenvalue weighted by molar-refractivity contribution is 6.29. The summed E-state index contributed by atoms with van der Waals surface area (Å²) in [7, 11) is 0. The highest BCUT2D eigenvalue weighted by Gasteiger charge is 2.19. The number of halogens is 1. The van der Waals surface area contributed by atoms with Crippen LogP contribution < -0.4 is 4.74 Å². The predicted molar refractivity (Wildman–Crippen MR) is 83.1 cm³/mol. The Bertz CT molecular complexity index is 637. The molecule has 1 unspecified atom stereocenters. The monoisotopic (exact) mass is 318 g/mol. The van der Waals surface area contributed by atoms with Crippen LogP contribution in [0, 0.1) is 0 Å². The molecule has 0 aliphatic carbocycles. The average Bonchev–Trinajstić information content (AvgIpc) is 2.56. The van der Waals surface area contributed by atoms with Crippen molar-refractivity contribution < 1.29 is 19.1 Å². The Labute approximate surface area is 133 Å². The van der Waals surface area contributed by atoms with Crippen molar-refractivity contribution in [3.63, 3.8) is 0 Å². The molecule has 2 aromatic rings. The number of benzene rings is 2. The highest BCUT2D eigenvalue weighted by Crippen LogP contribution is 2.24. The van der Waals surface area contributed by atoms with E-state index in [1.165, 1.54) is 0 Å². The molecular formula is C17H15ClO4. The number of alkyl halides is 1. The van der Waals surface area contributed by atoms with Crippen LogP contribution in [0.5, 0.6) is 5.75 Å². The Balaban J connectivity index is 2.03. The second-order valence-electron chi connectivity index (χ2n) is 4.44. The fraction of sp³-hybridized carbons (Fsp3) is 0.176. The van der Waals surface area contributed by atoms with Crippen molar-refractivity contribution in [1.82, 2.24) is 0 Å². The Hall–Kier alpha value is -2.33. The van der Waals surface area contributed by atoms with E-state index in [0.717, 1.165) is 0 Å². The van der Waals surface area contributed by atoms with Crippen molar-refractivity contribution in [3.8, 4) is 5.75 Å². The van der Waals surface area contributed by atoms with Gasteiger partial charge in [-0.3, -0.25) is 4.79 Å². The lowest BCUT2D eigenvalue weighted by Gasteiger charge is -2.10. The van der Waals surface area contributed by atoms with Crippen LogP contribution in [0.4, 0.5) is 0 Å². The normalized spacial score (nSPS) is 11.5. The minimum Gasteiger partial charge on any atom is -0.465 e. The first-order valence-corrected chi connectivity index (χ1v) is 7.23. The van der Waals surface area contributed by atoms with Gasteiger partial charge >= 0.3 is 11.9 Å². The zero-order valence-electron chi connectivity index (χ0n) is 12.0. The van der Waals surface area contributed by atoms with Gasteiger partial charge in [-0.2, -0.15) is 0 Å². The topological polar surface area (TPSA) is 52.6 Å². The van der Waals surface area contributed by atoms with Gasteiger partial charge in [-0.05, 0) is 36.8 Å². The lowest BCUT2D eigenvalue weighted by molar-refractivity contribution is -0.142. The minimum absolute atomic E-state index is 0.273. The number of ether oxygens (including phenoxy) is 2. The minimum atomic E-state index is -0.876. The number of carbonyl (C=O) groups is 2. The van der Waals surface area contributed by atoms with Crippen molar-refractivity contribution in [2.75, 3.05) is 6.61 Å². The summed E-state index contributed by atoms with van der Waals surface area (Å²) < 4.78 is 10.1. The zero-order valence-corrected chi connectivity index (χ0v) is 12.7. The molecule has 0 fully saturated rings. The van der Waals surface area contributed by atoms with Crippen molar-refractivity contribution in [2.45, 2.75) is 12.3 Å². The fourth-order valence-corrected chi connectivity index (χ4v) is 2.01. The van der Waals surface area contributed by atoms with Crippen molar-refractivity contribution >= 4 is 23.5 Å². The first kappa shape index (κ1) is 16.0. The predicted octanol–water partition coefficient (Wildman–Crippen LogP) is 3.75. The van der Waals surface area contributed by atoms with Gasteiger partial charge in [-0.1, -0.05) is 30.3 Å². The van der Waals surface area contributed by atoms with Crippen LogP contribution in [-0.2, 0) is 9.53 Å². The lowest BCUT2D eigenvalue weighted by Crippen LogP contribution is -2.11. The SMILES string of the molecule is CCOC(=O)C(Cl)c1ccc(OC(=O)c2ccccc2)cc1. The number of carbonyl (C=O) groups excluding carboxylic acids is 2. The van der Waals surface area contributed by atoms with Gasteiger partial charge in [0.1, 0.15) is 5.75 Å². The molecule has 4 nitrogen and oxygen atoms in total. The maximum atomic E-state index is 11.9. The largest absolute Gasteiger partial charge is 0.465 e. The molecule has 2 aromatic carbocycles. The van der Waals surface area contributed by atoms with E-state index in [1.54, 1.807) is 55.5 Å². The van der Waals surface area contributed by atoms with Crippen molar-refractivity contribution in [2.24, 2.45) is 0 Å². The molecule has 0 heterocycles. The van der Waals surface area contributed by atoms with Crippen molar-refractivity contribution in [1.29, 1.82) is 0 Å². The summed E-state index contributed by atoms with van der Waals surface area (Å²) >= 11 is 6.01. The zero-order chi connectivity index (χ0) is 15.9. The molecule has 0 N–H and O–H groups in total. The molecule has 0 spiro atoms. The second kappa shape index (κ2) is 7.61. The molecule has 22 heavy (non-hydrogen) atoms. The van der Waals surface area contributed by atoms with Gasteiger partial charge in [0, 0.05) is 0 Å². The van der Waals surface area contributed by atoms with Crippen LogP contribution in [-0.4, -0.2) is 18.5 Å². The van der Waals surface area contributed by atoms with Gasteiger partial charge in [-0.15, -0.1) is 11.6 Å². The summed E-state index contributed by atoms with van der Waals surface area (Å²) in [6, 6.07) is 15.1. The van der Waals surface area contributed by atoms with E-state index in [9.17, 15) is 9.59 Å². The first-order valence-electron chi connectivity index (χ1n) is 6.79. The van der Waals surface area contributed by atoms with Crippen LogP contribution in [0.25, 0.3) is 0 Å². The molecular weight excluding hydrogens is 304 g/mol. The molecule has 0 amide bonds. The van der Waals surface area contributed by atoms with E-state index in [0.29, 0.717) is 16.9 Å². The average molecular weight is 319 g/mol. The summed E-state index contributed by atoms with van der Waals surface area (Å²) in [5, 5.41) is -0.876. The molecule has 5 heteroatoms. The van der Waals surface area contributed by atoms with Crippen LogP contribution in [0.1, 0.15) is 28.2 Å². The first-order chi connectivity index (χ1) is 10.6. The van der Waals surface area contributed by atoms with E-state index in [4.69, 9.17) is 21.1 Å². The van der Waals surface area contributed by atoms with Gasteiger partial charge in [0.2, 0.25) is 0 Å². The summed E-state index contributed by atoms with van der Waals surface area (Å²) in [5.41, 5.74) is 1.05. The molecule has 0 radical (unpaired) electrons. The summed E-state index contributed by atoms with van der Waals surface area (Å²) in [5.74, 6) is -0.565. The van der Waals surface area contributed by atoms with E-state index >= 15 is 0 Å². The smallest absolute Gasteiger partial charge is 0.343 e. The number of hydrogen-bond donors (Lipinski definition) is 0. The van der Waals surface area contributed by atoms with Crippen LogP contribution in [0.15, 0.2) is 54.6 Å². The fourth-order valence-electron chi connectivity index (χ4n) is 1.80. The second-order valence-corrected chi connectivity index (χ2v) is 4.88. The molecule has 0 bridgehead atoms. The number of esters is 2. The summed E-state index contributed by atoms with van der Waals surface area (Å²) in [6.07, 6.45) is 0. The van der Waals surface area contributed by atoms with Crippen LogP contribution >= 0.6 is 11.6 Å². The molecule has 0 aliphatic rings. The third kappa shape index (κ3) is 4.09. The Kier molecular flexibility index (Phi) is 5.55. The van der Waals surface area contributed by atoms with E-state index in [1.807, 2.05) is 6.07 Å². The Morgan fingerprint density at radius 2 is 1.68 bits per heavy atom. The lowest BCUT2D eigenvalue weighted by atomic mass is 10.1. The molecule has 2 rings (SSSR count). The standard InChI is InChI=1S/C17H15ClO4/c1-2-21-17(20)15(18)12-8-10-14(11-9-12)22-16(19)13-6-4-3-5-7-13/h3-11,15H,2H2,1H3. The van der Waals surface area contributed by atoms with E-state index < -0.39 is 17.3 Å². The maximum absolute atomic E-state index is 11.9. The van der Waals surface area contributed by atoms with Gasteiger partial charge in [0.25, 0.3) is 0 Å². The molecule has 0 aliphatic heterocycles. The van der Waals surface area contributed by atoms with Crippen LogP contribution in [0.3, 0.4) is 0 Å². The number of rotatable bonds is 5. The molecule has 0 aromatic heterocycles. The van der Waals surface area contributed by atoms with E-state index in [-0.39, 0.29) is 6.61 Å². The molecule has 0 saturated carbocycles. The maximum Gasteiger partial charge on any atom is 0.343 e. The van der Waals surface area contributed by atoms with Crippen molar-refractivity contribution in [3.05, 3.63) is 65.7 Å². The highest BCUT2D eigenvalue weighted by atomic mass is 35.5. The molecule has 1 atom stereocenters. The van der Waals surface area contributed by atoms with Gasteiger partial charge in [-0.25, -0.2) is 4.79 Å². The van der Waals surface area contributed by atoms with Gasteiger partial charge < -0.3 is 9.47 Å². The third-order valence-corrected chi connectivity index (χ3v) is 3.32. The Morgan fingerprint density at radius 1 is 1.05 bits per heavy atom. The van der Waals surface area contributed by atoms with E-state index in [2.05, 4.69) is 0 Å². The molecule has 114 valence electrons. The quantitative estimate of drug-likeness (QED) is 0.478. The summed E-state index contributed by atoms with van der Waals surface area (Å²) in [4.78, 5) is 23.5.